The quantitative estimate of drug-likeness (QED) is 0.412. The lowest BCUT2D eigenvalue weighted by molar-refractivity contribution is -0.138. The smallest absolute Gasteiger partial charge is 0.310 e. The highest BCUT2D eigenvalue weighted by Crippen LogP contribution is 2.22. The molecule has 0 radical (unpaired) electrons. The van der Waals surface area contributed by atoms with Crippen LogP contribution in [0.2, 0.25) is 0 Å². The average Bonchev–Trinajstić information content (AvgIpc) is 2.72. The van der Waals surface area contributed by atoms with Gasteiger partial charge in [-0.05, 0) is 68.9 Å². The van der Waals surface area contributed by atoms with Crippen molar-refractivity contribution in [2.45, 2.75) is 72.1 Å². The van der Waals surface area contributed by atoms with Crippen LogP contribution in [-0.4, -0.2) is 38.5 Å². The van der Waals surface area contributed by atoms with Gasteiger partial charge in [0.25, 0.3) is 0 Å². The van der Waals surface area contributed by atoms with Crippen molar-refractivity contribution in [1.29, 1.82) is 0 Å². The highest BCUT2D eigenvalue weighted by Gasteiger charge is 2.15. The van der Waals surface area contributed by atoms with Gasteiger partial charge in [-0.3, -0.25) is 4.79 Å². The molecule has 5 N–H and O–H groups in total. The molecule has 2 aromatic carbocycles. The van der Waals surface area contributed by atoms with Crippen molar-refractivity contribution in [2.75, 3.05) is 6.54 Å². The zero-order chi connectivity index (χ0) is 24.5. The number of hydrogen-bond donors (Lipinski definition) is 5. The van der Waals surface area contributed by atoms with Gasteiger partial charge in [-0.1, -0.05) is 44.2 Å². The van der Waals surface area contributed by atoms with Gasteiger partial charge in [0, 0.05) is 17.6 Å². The molecular weight excluding hydrogens is 406 g/mol. The van der Waals surface area contributed by atoms with E-state index in [1.807, 2.05) is 45.0 Å². The predicted molar refractivity (Wildman–Crippen MR) is 128 cm³/mol. The summed E-state index contributed by atoms with van der Waals surface area (Å²) in [6, 6.07) is 12.6. The molecule has 6 nitrogen and oxygen atoms in total. The monoisotopic (exact) mass is 445 g/mol. The topological polar surface area (TPSA) is 110 Å². The number of carboxylic acid groups (broad SMARTS) is 1. The molecule has 0 fully saturated rings. The van der Waals surface area contributed by atoms with E-state index in [1.54, 1.807) is 19.1 Å². The fourth-order valence-corrected chi connectivity index (χ4v) is 3.02. The summed E-state index contributed by atoms with van der Waals surface area (Å²) in [6.45, 7) is 12.3. The molecule has 0 aliphatic heterocycles. The van der Waals surface area contributed by atoms with Crippen LogP contribution in [0.5, 0.6) is 5.75 Å². The molecular formula is C26H39NO5. The minimum atomic E-state index is -0.772. The molecule has 2 atom stereocenters. The van der Waals surface area contributed by atoms with Crippen LogP contribution < -0.4 is 5.32 Å². The first kappa shape index (κ1) is 27.6. The Morgan fingerprint density at radius 3 is 2.03 bits per heavy atom. The number of aromatic hydroxyl groups is 1. The van der Waals surface area contributed by atoms with Crippen LogP contribution in [0.15, 0.2) is 42.5 Å². The summed E-state index contributed by atoms with van der Waals surface area (Å²) in [7, 11) is 0. The highest BCUT2D eigenvalue weighted by molar-refractivity contribution is 5.75. The van der Waals surface area contributed by atoms with Crippen LogP contribution >= 0.6 is 0 Å². The summed E-state index contributed by atoms with van der Waals surface area (Å²) in [4.78, 5) is 10.8. The third-order valence-corrected chi connectivity index (χ3v) is 4.98. The van der Waals surface area contributed by atoms with E-state index in [2.05, 4.69) is 19.2 Å². The molecule has 32 heavy (non-hydrogen) atoms. The van der Waals surface area contributed by atoms with Gasteiger partial charge in [0.15, 0.2) is 0 Å². The number of β-amino-alcohol motifs (C(OH)–C–C–N with tert-alkyl or cyclic N) is 1. The van der Waals surface area contributed by atoms with Gasteiger partial charge in [-0.2, -0.15) is 0 Å². The van der Waals surface area contributed by atoms with Crippen LogP contribution in [0.1, 0.15) is 75.8 Å². The normalized spacial score (nSPS) is 13.3. The van der Waals surface area contributed by atoms with Crippen LogP contribution in [0.4, 0.5) is 0 Å². The van der Waals surface area contributed by atoms with E-state index in [1.165, 1.54) is 11.6 Å². The molecule has 6 heteroatoms. The number of carboxylic acids is 1. The standard InChI is InChI=1S/C13H21NO3.C13H18O2/c1-13(2,3)14-7-12(17)9-4-5-11(16)10(6-9)8-15;1-9(2)8-11-4-6-12(7-5-11)10(3)13(14)15/h4-6,12,14-17H,7-8H2,1-3H3;4-7,9-10H,8H2,1-3H3,(H,14,15)/t12-;10-/m01/s1. The van der Waals surface area contributed by atoms with E-state index in [4.69, 9.17) is 10.2 Å². The number of phenols is 1. The van der Waals surface area contributed by atoms with Gasteiger partial charge in [-0.15, -0.1) is 0 Å². The van der Waals surface area contributed by atoms with Gasteiger partial charge in [0.1, 0.15) is 5.75 Å². The molecule has 0 saturated carbocycles. The molecule has 2 aromatic rings. The van der Waals surface area contributed by atoms with E-state index in [9.17, 15) is 15.0 Å². The third-order valence-electron chi connectivity index (χ3n) is 4.98. The Labute approximate surface area is 191 Å². The fourth-order valence-electron chi connectivity index (χ4n) is 3.02. The molecule has 0 aliphatic rings. The number of benzene rings is 2. The van der Waals surface area contributed by atoms with Crippen molar-refractivity contribution < 1.29 is 25.2 Å². The van der Waals surface area contributed by atoms with Crippen molar-refractivity contribution in [3.05, 3.63) is 64.7 Å². The Bertz CT molecular complexity index is 840. The number of nitrogens with one attached hydrogen (secondary N) is 1. The van der Waals surface area contributed by atoms with Crippen molar-refractivity contribution in [3.63, 3.8) is 0 Å². The molecule has 0 aliphatic carbocycles. The first-order chi connectivity index (χ1) is 14.8. The minimum Gasteiger partial charge on any atom is -0.508 e. The summed E-state index contributed by atoms with van der Waals surface area (Å²) in [5.41, 5.74) is 3.19. The van der Waals surface area contributed by atoms with E-state index < -0.39 is 18.0 Å². The molecule has 0 heterocycles. The maximum Gasteiger partial charge on any atom is 0.310 e. The fraction of sp³-hybridized carbons (Fsp3) is 0.500. The first-order valence-corrected chi connectivity index (χ1v) is 11.0. The van der Waals surface area contributed by atoms with Gasteiger partial charge in [0.05, 0.1) is 18.6 Å². The van der Waals surface area contributed by atoms with E-state index in [-0.39, 0.29) is 17.9 Å². The van der Waals surface area contributed by atoms with Crippen LogP contribution in [-0.2, 0) is 17.8 Å². The van der Waals surface area contributed by atoms with Crippen LogP contribution in [0.3, 0.4) is 0 Å². The molecule has 0 amide bonds. The molecule has 0 saturated heterocycles. The van der Waals surface area contributed by atoms with Crippen molar-refractivity contribution >= 4 is 5.97 Å². The number of carbonyl (C=O) groups is 1. The number of aliphatic carboxylic acids is 1. The number of aliphatic hydroxyl groups excluding tert-OH is 2. The maximum atomic E-state index is 10.8. The Morgan fingerprint density at radius 1 is 1.00 bits per heavy atom. The molecule has 0 aromatic heterocycles. The van der Waals surface area contributed by atoms with Gasteiger partial charge >= 0.3 is 5.97 Å². The van der Waals surface area contributed by atoms with E-state index >= 15 is 0 Å². The molecule has 0 spiro atoms. The molecule has 0 bridgehead atoms. The number of rotatable bonds is 8. The number of aliphatic hydroxyl groups is 2. The Hall–Kier alpha value is -2.41. The Morgan fingerprint density at radius 2 is 1.56 bits per heavy atom. The summed E-state index contributed by atoms with van der Waals surface area (Å²) >= 11 is 0. The van der Waals surface area contributed by atoms with Gasteiger partial charge in [-0.25, -0.2) is 0 Å². The summed E-state index contributed by atoms with van der Waals surface area (Å²) in [5.74, 6) is -0.510. The predicted octanol–water partition coefficient (Wildman–Crippen LogP) is 4.38. The van der Waals surface area contributed by atoms with Gasteiger partial charge in [0.2, 0.25) is 0 Å². The lowest BCUT2D eigenvalue weighted by Gasteiger charge is -2.23. The van der Waals surface area contributed by atoms with E-state index in [0.29, 0.717) is 23.6 Å². The van der Waals surface area contributed by atoms with Crippen molar-refractivity contribution in [2.24, 2.45) is 5.92 Å². The summed E-state index contributed by atoms with van der Waals surface area (Å²) in [5, 5.41) is 40.5. The SMILES string of the molecule is CC(C)(C)NC[C@H](O)c1ccc(O)c(CO)c1.CC(C)Cc1ccc([C@@H](C)C(=O)O)cc1. The summed E-state index contributed by atoms with van der Waals surface area (Å²) in [6.07, 6.45) is 0.391. The molecule has 178 valence electrons. The second-order valence-corrected chi connectivity index (χ2v) is 9.59. The van der Waals surface area contributed by atoms with Crippen molar-refractivity contribution in [1.82, 2.24) is 5.32 Å². The van der Waals surface area contributed by atoms with Crippen LogP contribution in [0.25, 0.3) is 0 Å². The van der Waals surface area contributed by atoms with Crippen molar-refractivity contribution in [3.8, 4) is 5.75 Å². The molecule has 0 unspecified atom stereocenters. The molecule has 2 rings (SSSR count). The largest absolute Gasteiger partial charge is 0.508 e. The van der Waals surface area contributed by atoms with Gasteiger partial charge < -0.3 is 25.7 Å². The third kappa shape index (κ3) is 9.81. The lowest BCUT2D eigenvalue weighted by Crippen LogP contribution is -2.38. The zero-order valence-corrected chi connectivity index (χ0v) is 20.1. The lowest BCUT2D eigenvalue weighted by atomic mass is 9.97. The highest BCUT2D eigenvalue weighted by atomic mass is 16.4. The number of hydrogen-bond acceptors (Lipinski definition) is 5. The Kier molecular flexibility index (Phi) is 10.9. The first-order valence-electron chi connectivity index (χ1n) is 11.0. The Balaban J connectivity index is 0.000000323. The second-order valence-electron chi connectivity index (χ2n) is 9.59. The maximum absolute atomic E-state index is 10.8. The average molecular weight is 446 g/mol. The zero-order valence-electron chi connectivity index (χ0n) is 20.1. The second kappa shape index (κ2) is 12.6. The van der Waals surface area contributed by atoms with E-state index in [0.717, 1.165) is 12.0 Å². The van der Waals surface area contributed by atoms with Crippen LogP contribution in [0, 0.1) is 5.92 Å². The minimum absolute atomic E-state index is 0.0484. The summed E-state index contributed by atoms with van der Waals surface area (Å²) < 4.78 is 0.